The quantitative estimate of drug-likeness (QED) is 0.0690. The van der Waals surface area contributed by atoms with Crippen LogP contribution in [0.4, 0.5) is 0 Å². The van der Waals surface area contributed by atoms with E-state index in [0.29, 0.717) is 45.9 Å². The molecule has 0 bridgehead atoms. The molecule has 0 N–H and O–H groups in total. The Morgan fingerprint density at radius 1 is 0.456 bits per heavy atom. The summed E-state index contributed by atoms with van der Waals surface area (Å²) in [4.78, 5) is 50.4. The monoisotopic (exact) mass is 760 g/mol. The van der Waals surface area contributed by atoms with Crippen LogP contribution in [0.15, 0.2) is 121 Å². The molecule has 0 spiro atoms. The molecule has 0 aromatic heterocycles. The molecule has 0 saturated carbocycles. The number of methoxy groups -OCH3 is 1. The fraction of sp³-hybridized carbons (Fsp3) is 0.184. The third kappa shape index (κ3) is 9.54. The molecule has 0 aliphatic heterocycles. The van der Waals surface area contributed by atoms with E-state index < -0.39 is 17.9 Å². The summed E-state index contributed by atoms with van der Waals surface area (Å²) in [5, 5.41) is 0. The van der Waals surface area contributed by atoms with Gasteiger partial charge in [-0.2, -0.15) is 0 Å². The van der Waals surface area contributed by atoms with Gasteiger partial charge >= 0.3 is 17.9 Å². The fourth-order valence-electron chi connectivity index (χ4n) is 6.59. The highest BCUT2D eigenvalue weighted by molar-refractivity contribution is 5.97. The number of benzene rings is 6. The number of carbonyl (C=O) groups is 4. The van der Waals surface area contributed by atoms with E-state index in [-0.39, 0.29) is 11.7 Å². The number of ketones is 1. The lowest BCUT2D eigenvalue weighted by atomic mass is 9.91. The Morgan fingerprint density at radius 3 is 1.12 bits per heavy atom. The first kappa shape index (κ1) is 39.9. The van der Waals surface area contributed by atoms with Gasteiger partial charge in [0.1, 0.15) is 23.0 Å². The van der Waals surface area contributed by atoms with Crippen LogP contribution in [0.3, 0.4) is 0 Å². The van der Waals surface area contributed by atoms with Crippen molar-refractivity contribution in [3.63, 3.8) is 0 Å². The Labute approximate surface area is 333 Å². The minimum absolute atomic E-state index is 0.0729. The molecule has 6 aromatic carbocycles. The van der Waals surface area contributed by atoms with Gasteiger partial charge in [0.15, 0.2) is 5.78 Å². The van der Waals surface area contributed by atoms with Crippen molar-refractivity contribution < 1.29 is 38.1 Å². The van der Waals surface area contributed by atoms with Crippen molar-refractivity contribution in [1.82, 2.24) is 0 Å². The predicted molar refractivity (Wildman–Crippen MR) is 219 cm³/mol. The van der Waals surface area contributed by atoms with Crippen molar-refractivity contribution in [2.45, 2.75) is 53.9 Å². The minimum atomic E-state index is -0.547. The van der Waals surface area contributed by atoms with Gasteiger partial charge in [0, 0.05) is 11.5 Å². The minimum Gasteiger partial charge on any atom is -0.496 e. The summed E-state index contributed by atoms with van der Waals surface area (Å²) in [5.74, 6) is 0.680. The van der Waals surface area contributed by atoms with Crippen LogP contribution in [0.5, 0.6) is 23.0 Å². The third-order valence-corrected chi connectivity index (χ3v) is 10.00. The van der Waals surface area contributed by atoms with E-state index in [9.17, 15) is 19.2 Å². The summed E-state index contributed by atoms with van der Waals surface area (Å²) in [6, 6.07) is 35.8. The van der Waals surface area contributed by atoms with Crippen molar-refractivity contribution in [1.29, 1.82) is 0 Å². The molecule has 57 heavy (non-hydrogen) atoms. The van der Waals surface area contributed by atoms with Crippen molar-refractivity contribution >= 4 is 23.7 Å². The van der Waals surface area contributed by atoms with Crippen LogP contribution in [-0.2, 0) is 6.42 Å². The molecule has 288 valence electrons. The maximum atomic E-state index is 13.1. The van der Waals surface area contributed by atoms with Crippen molar-refractivity contribution in [3.05, 3.63) is 188 Å². The van der Waals surface area contributed by atoms with Crippen LogP contribution in [0, 0.1) is 27.7 Å². The molecule has 1 unspecified atom stereocenters. The normalized spacial score (nSPS) is 11.4. The number of ether oxygens (including phenoxy) is 4. The lowest BCUT2D eigenvalue weighted by Gasteiger charge is -2.16. The highest BCUT2D eigenvalue weighted by Crippen LogP contribution is 2.32. The van der Waals surface area contributed by atoms with Crippen LogP contribution in [0.2, 0.25) is 0 Å². The van der Waals surface area contributed by atoms with Gasteiger partial charge < -0.3 is 18.9 Å². The molecule has 8 nitrogen and oxygen atoms in total. The van der Waals surface area contributed by atoms with Gasteiger partial charge in [0.2, 0.25) is 0 Å². The van der Waals surface area contributed by atoms with E-state index >= 15 is 0 Å². The first-order chi connectivity index (χ1) is 27.3. The second-order valence-corrected chi connectivity index (χ2v) is 14.2. The van der Waals surface area contributed by atoms with Gasteiger partial charge in [-0.15, -0.1) is 0 Å². The molecule has 6 aromatic rings. The number of aryl methyl sites for hydroxylation is 4. The smallest absolute Gasteiger partial charge is 0.343 e. The van der Waals surface area contributed by atoms with Crippen LogP contribution < -0.4 is 18.9 Å². The number of carbonyl (C=O) groups excluding carboxylic acids is 4. The zero-order valence-electron chi connectivity index (χ0n) is 33.1. The Hall–Kier alpha value is -6.80. The molecule has 0 aliphatic carbocycles. The molecule has 8 heteroatoms. The van der Waals surface area contributed by atoms with E-state index in [1.807, 2.05) is 76.2 Å². The number of hydrogen-bond donors (Lipinski definition) is 0. The maximum absolute atomic E-state index is 13.1. The van der Waals surface area contributed by atoms with E-state index in [2.05, 4.69) is 19.1 Å². The highest BCUT2D eigenvalue weighted by Gasteiger charge is 2.17. The fourth-order valence-corrected chi connectivity index (χ4v) is 6.59. The van der Waals surface area contributed by atoms with E-state index in [1.54, 1.807) is 67.8 Å². The third-order valence-electron chi connectivity index (χ3n) is 10.00. The standard InChI is InChI=1S/C49H44O8/c1-29-24-35(8-20-44(29)55-47(51)38-12-10-37(11-13-38)34(6)50)28-36-9-21-45(30(2)25-36)56-48(52)39-14-16-40(17-15-39)49(53)57-46-23-19-42(27-32(46)4)33(5)41-18-22-43(54-7)31(3)26-41/h8-27,33H,28H2,1-7H3. The van der Waals surface area contributed by atoms with E-state index in [0.717, 1.165) is 50.3 Å². The Morgan fingerprint density at radius 2 is 0.789 bits per heavy atom. The van der Waals surface area contributed by atoms with Gasteiger partial charge in [-0.1, -0.05) is 67.6 Å². The zero-order chi connectivity index (χ0) is 40.8. The number of esters is 3. The summed E-state index contributed by atoms with van der Waals surface area (Å²) < 4.78 is 22.5. The maximum Gasteiger partial charge on any atom is 0.343 e. The zero-order valence-corrected chi connectivity index (χ0v) is 33.1. The molecule has 0 aliphatic rings. The van der Waals surface area contributed by atoms with Crippen LogP contribution in [-0.4, -0.2) is 30.8 Å². The highest BCUT2D eigenvalue weighted by atomic mass is 16.5. The van der Waals surface area contributed by atoms with Crippen molar-refractivity contribution in [2.24, 2.45) is 0 Å². The first-order valence-electron chi connectivity index (χ1n) is 18.6. The molecule has 0 heterocycles. The summed E-state index contributed by atoms with van der Waals surface area (Å²) in [6.07, 6.45) is 0.612. The molecule has 1 atom stereocenters. The average molecular weight is 761 g/mol. The average Bonchev–Trinajstić information content (AvgIpc) is 3.20. The van der Waals surface area contributed by atoms with Gasteiger partial charge in [0.25, 0.3) is 0 Å². The molecule has 0 saturated heterocycles. The molecule has 6 rings (SSSR count). The largest absolute Gasteiger partial charge is 0.496 e. The number of Topliss-reactive ketones (excluding diaryl/α,β-unsaturated/α-hetero) is 1. The summed E-state index contributed by atoms with van der Waals surface area (Å²) in [6.45, 7) is 11.3. The summed E-state index contributed by atoms with van der Waals surface area (Å²) in [7, 11) is 1.66. The Bertz CT molecular complexity index is 2480. The molecule has 0 radical (unpaired) electrons. The number of hydrogen-bond acceptors (Lipinski definition) is 8. The van der Waals surface area contributed by atoms with Crippen molar-refractivity contribution in [2.75, 3.05) is 7.11 Å². The summed E-state index contributed by atoms with van der Waals surface area (Å²) >= 11 is 0. The predicted octanol–water partition coefficient (Wildman–Crippen LogP) is 10.5. The van der Waals surface area contributed by atoms with Crippen molar-refractivity contribution in [3.8, 4) is 23.0 Å². The SMILES string of the molecule is COc1ccc(C(C)c2ccc(OC(=O)c3ccc(C(=O)Oc4ccc(Cc5ccc(OC(=O)c6ccc(C(C)=O)cc6)c(C)c5)cc4C)cc3)c(C)c2)cc1C. The van der Waals surface area contributed by atoms with E-state index in [4.69, 9.17) is 18.9 Å². The second kappa shape index (κ2) is 17.3. The molecular weight excluding hydrogens is 717 g/mol. The number of rotatable bonds is 12. The van der Waals surface area contributed by atoms with Crippen LogP contribution in [0.25, 0.3) is 0 Å². The van der Waals surface area contributed by atoms with Crippen LogP contribution in [0.1, 0.15) is 106 Å². The molecule has 0 fully saturated rings. The molecular formula is C49H44O8. The Kier molecular flexibility index (Phi) is 12.1. The summed E-state index contributed by atoms with van der Waals surface area (Å²) in [5.41, 5.74) is 9.27. The lowest BCUT2D eigenvalue weighted by Crippen LogP contribution is -2.12. The second-order valence-electron chi connectivity index (χ2n) is 14.2. The molecule has 0 amide bonds. The lowest BCUT2D eigenvalue weighted by molar-refractivity contribution is 0.0719. The van der Waals surface area contributed by atoms with Crippen LogP contribution >= 0.6 is 0 Å². The van der Waals surface area contributed by atoms with Gasteiger partial charge in [0.05, 0.1) is 23.8 Å². The van der Waals surface area contributed by atoms with E-state index in [1.165, 1.54) is 6.92 Å². The topological polar surface area (TPSA) is 105 Å². The Balaban J connectivity index is 1.03. The van der Waals surface area contributed by atoms with Gasteiger partial charge in [-0.05, 0) is 146 Å². The van der Waals surface area contributed by atoms with Gasteiger partial charge in [-0.25, -0.2) is 14.4 Å². The van der Waals surface area contributed by atoms with Gasteiger partial charge in [-0.3, -0.25) is 4.79 Å². The first-order valence-corrected chi connectivity index (χ1v) is 18.6.